The summed E-state index contributed by atoms with van der Waals surface area (Å²) in [4.78, 5) is 34.2. The van der Waals surface area contributed by atoms with Crippen LogP contribution in [-0.2, 0) is 4.79 Å². The number of nitro benzene ring substituents is 1. The smallest absolute Gasteiger partial charge is 0.270 e. The van der Waals surface area contributed by atoms with Crippen LogP contribution in [0, 0.1) is 10.1 Å². The van der Waals surface area contributed by atoms with Gasteiger partial charge in [-0.25, -0.2) is 0 Å². The Bertz CT molecular complexity index is 989. The van der Waals surface area contributed by atoms with Crippen molar-refractivity contribution in [2.45, 2.75) is 0 Å². The van der Waals surface area contributed by atoms with Gasteiger partial charge in [-0.2, -0.15) is 0 Å². The van der Waals surface area contributed by atoms with E-state index in [4.69, 9.17) is 17.0 Å². The number of benzene rings is 2. The molecule has 0 saturated heterocycles. The van der Waals surface area contributed by atoms with E-state index in [0.717, 1.165) is 6.08 Å². The number of hydrogen-bond donors (Lipinski definition) is 3. The molecular weight excluding hydrogens is 408 g/mol. The third-order valence-corrected chi connectivity index (χ3v) is 3.72. The average Bonchev–Trinajstić information content (AvgIpc) is 2.75. The van der Waals surface area contributed by atoms with E-state index in [1.54, 1.807) is 36.4 Å². The van der Waals surface area contributed by atoms with E-state index < -0.39 is 16.7 Å². The quantitative estimate of drug-likeness (QED) is 0.204. The molecule has 10 heteroatoms. The van der Waals surface area contributed by atoms with Gasteiger partial charge in [-0.05, 0) is 48.1 Å². The Hall–Kier alpha value is -4.05. The molecular formula is C20H18N4O5S. The van der Waals surface area contributed by atoms with Crippen LogP contribution in [0.25, 0.3) is 6.08 Å². The summed E-state index contributed by atoms with van der Waals surface area (Å²) in [6, 6.07) is 12.2. The Morgan fingerprint density at radius 2 is 1.90 bits per heavy atom. The first kappa shape index (κ1) is 22.2. The van der Waals surface area contributed by atoms with Gasteiger partial charge < -0.3 is 4.74 Å². The number of carbonyl (C=O) groups excluding carboxylic acids is 2. The number of nitrogens with one attached hydrogen (secondary N) is 3. The number of hydrogen-bond acceptors (Lipinski definition) is 6. The zero-order valence-corrected chi connectivity index (χ0v) is 16.5. The van der Waals surface area contributed by atoms with Crippen LogP contribution < -0.4 is 20.9 Å². The van der Waals surface area contributed by atoms with E-state index in [2.05, 4.69) is 22.7 Å². The topological polar surface area (TPSA) is 123 Å². The molecule has 2 rings (SSSR count). The number of hydrazine groups is 1. The van der Waals surface area contributed by atoms with E-state index in [9.17, 15) is 19.7 Å². The first-order chi connectivity index (χ1) is 14.4. The molecule has 0 heterocycles. The van der Waals surface area contributed by atoms with Crippen LogP contribution in [0.3, 0.4) is 0 Å². The highest BCUT2D eigenvalue weighted by Crippen LogP contribution is 2.14. The lowest BCUT2D eigenvalue weighted by molar-refractivity contribution is -0.384. The number of amides is 2. The molecule has 0 unspecified atom stereocenters. The molecule has 0 bridgehead atoms. The van der Waals surface area contributed by atoms with Gasteiger partial charge in [0.2, 0.25) is 5.91 Å². The Morgan fingerprint density at radius 3 is 2.57 bits per heavy atom. The second kappa shape index (κ2) is 11.1. The van der Waals surface area contributed by atoms with Gasteiger partial charge in [-0.3, -0.25) is 35.9 Å². The Kier molecular flexibility index (Phi) is 8.21. The van der Waals surface area contributed by atoms with Crippen molar-refractivity contribution >= 4 is 40.9 Å². The number of thiocarbonyl (C=S) groups is 1. The van der Waals surface area contributed by atoms with Crippen molar-refractivity contribution in [1.82, 2.24) is 16.2 Å². The van der Waals surface area contributed by atoms with Crippen LogP contribution >= 0.6 is 12.2 Å². The summed E-state index contributed by atoms with van der Waals surface area (Å²) >= 11 is 4.94. The second-order valence-corrected chi connectivity index (χ2v) is 6.12. The van der Waals surface area contributed by atoms with E-state index in [0.29, 0.717) is 23.5 Å². The molecule has 0 atom stereocenters. The van der Waals surface area contributed by atoms with Gasteiger partial charge in [0.25, 0.3) is 11.6 Å². The number of non-ortho nitro benzene ring substituents is 1. The maximum absolute atomic E-state index is 12.1. The van der Waals surface area contributed by atoms with Gasteiger partial charge in [0.15, 0.2) is 5.11 Å². The van der Waals surface area contributed by atoms with Gasteiger partial charge in [-0.1, -0.05) is 24.8 Å². The highest BCUT2D eigenvalue weighted by atomic mass is 32.1. The molecule has 9 nitrogen and oxygen atoms in total. The summed E-state index contributed by atoms with van der Waals surface area (Å²) in [5.74, 6) is -0.441. The van der Waals surface area contributed by atoms with Crippen molar-refractivity contribution in [3.8, 4) is 5.75 Å². The molecule has 0 saturated carbocycles. The number of ether oxygens (including phenoxy) is 1. The zero-order valence-electron chi connectivity index (χ0n) is 15.7. The third-order valence-electron chi connectivity index (χ3n) is 3.52. The van der Waals surface area contributed by atoms with Gasteiger partial charge in [0, 0.05) is 23.8 Å². The SMILES string of the molecule is C=CCOc1ccc(C(=O)NNC(=S)NC(=O)/C=C/c2cccc([N+](=O)[O-])c2)cc1. The van der Waals surface area contributed by atoms with Crippen molar-refractivity contribution < 1.29 is 19.2 Å². The average molecular weight is 426 g/mol. The number of nitro groups is 1. The Labute approximate surface area is 177 Å². The molecule has 2 amide bonds. The predicted octanol–water partition coefficient (Wildman–Crippen LogP) is 2.51. The summed E-state index contributed by atoms with van der Waals surface area (Å²) in [6.45, 7) is 3.91. The van der Waals surface area contributed by atoms with E-state index in [-0.39, 0.29) is 10.8 Å². The standard InChI is InChI=1S/C20H18N4O5S/c1-2-12-29-17-9-7-15(8-10-17)19(26)22-23-20(30)21-18(25)11-6-14-4-3-5-16(13-14)24(27)28/h2-11,13H,1,12H2,(H,22,26)(H2,21,23,25,30)/b11-6+. The van der Waals surface area contributed by atoms with Crippen molar-refractivity contribution in [2.24, 2.45) is 0 Å². The van der Waals surface area contributed by atoms with Crippen LogP contribution in [0.5, 0.6) is 5.75 Å². The second-order valence-electron chi connectivity index (χ2n) is 5.71. The van der Waals surface area contributed by atoms with Gasteiger partial charge in [0.05, 0.1) is 4.92 Å². The molecule has 0 aliphatic heterocycles. The molecule has 2 aromatic carbocycles. The molecule has 0 aliphatic carbocycles. The van der Waals surface area contributed by atoms with Gasteiger partial charge in [0.1, 0.15) is 12.4 Å². The fourth-order valence-corrected chi connectivity index (χ4v) is 2.29. The number of rotatable bonds is 7. The molecule has 3 N–H and O–H groups in total. The summed E-state index contributed by atoms with van der Waals surface area (Å²) in [7, 11) is 0. The minimum atomic E-state index is -0.572. The molecule has 0 fully saturated rings. The van der Waals surface area contributed by atoms with Crippen molar-refractivity contribution in [3.63, 3.8) is 0 Å². The summed E-state index contributed by atoms with van der Waals surface area (Å²) in [6.07, 6.45) is 4.18. The molecule has 0 aromatic heterocycles. The summed E-state index contributed by atoms with van der Waals surface area (Å²) < 4.78 is 5.33. The lowest BCUT2D eigenvalue weighted by Crippen LogP contribution is -2.48. The normalized spacial score (nSPS) is 10.1. The number of carbonyl (C=O) groups is 2. The highest BCUT2D eigenvalue weighted by Gasteiger charge is 2.08. The fraction of sp³-hybridized carbons (Fsp3) is 0.0500. The van der Waals surface area contributed by atoms with Gasteiger partial charge >= 0.3 is 0 Å². The predicted molar refractivity (Wildman–Crippen MR) is 116 cm³/mol. The monoisotopic (exact) mass is 426 g/mol. The van der Waals surface area contributed by atoms with Crippen LogP contribution in [-0.4, -0.2) is 28.5 Å². The van der Waals surface area contributed by atoms with Crippen LogP contribution in [0.1, 0.15) is 15.9 Å². The van der Waals surface area contributed by atoms with Crippen molar-refractivity contribution in [3.05, 3.63) is 88.5 Å². The van der Waals surface area contributed by atoms with Crippen molar-refractivity contribution in [1.29, 1.82) is 0 Å². The summed E-state index contributed by atoms with van der Waals surface area (Å²) in [5.41, 5.74) is 5.52. The molecule has 0 spiro atoms. The lowest BCUT2D eigenvalue weighted by Gasteiger charge is -2.10. The first-order valence-electron chi connectivity index (χ1n) is 8.56. The van der Waals surface area contributed by atoms with Crippen molar-refractivity contribution in [2.75, 3.05) is 6.61 Å². The maximum Gasteiger partial charge on any atom is 0.270 e. The molecule has 30 heavy (non-hydrogen) atoms. The first-order valence-corrected chi connectivity index (χ1v) is 8.97. The zero-order chi connectivity index (χ0) is 21.9. The molecule has 0 radical (unpaired) electrons. The third kappa shape index (κ3) is 7.17. The minimum Gasteiger partial charge on any atom is -0.490 e. The van der Waals surface area contributed by atoms with Gasteiger partial charge in [-0.15, -0.1) is 0 Å². The van der Waals surface area contributed by atoms with E-state index >= 15 is 0 Å². The van der Waals surface area contributed by atoms with Crippen LogP contribution in [0.4, 0.5) is 5.69 Å². The van der Waals surface area contributed by atoms with Crippen LogP contribution in [0.2, 0.25) is 0 Å². The van der Waals surface area contributed by atoms with Crippen LogP contribution in [0.15, 0.2) is 67.3 Å². The molecule has 154 valence electrons. The van der Waals surface area contributed by atoms with E-state index in [1.165, 1.54) is 24.3 Å². The summed E-state index contributed by atoms with van der Waals surface area (Å²) in [5, 5.41) is 13.0. The fourth-order valence-electron chi connectivity index (χ4n) is 2.14. The Balaban J connectivity index is 1.81. The maximum atomic E-state index is 12.1. The number of nitrogens with zero attached hydrogens (tertiary/aromatic N) is 1. The Morgan fingerprint density at radius 1 is 1.17 bits per heavy atom. The molecule has 2 aromatic rings. The lowest BCUT2D eigenvalue weighted by atomic mass is 10.2. The minimum absolute atomic E-state index is 0.0854. The highest BCUT2D eigenvalue weighted by molar-refractivity contribution is 7.80. The largest absolute Gasteiger partial charge is 0.490 e. The van der Waals surface area contributed by atoms with E-state index in [1.807, 2.05) is 0 Å². The molecule has 0 aliphatic rings.